The van der Waals surface area contributed by atoms with E-state index in [1.165, 1.54) is 39.2 Å². The van der Waals surface area contributed by atoms with Crippen LogP contribution in [0.25, 0.3) is 0 Å². The highest BCUT2D eigenvalue weighted by atomic mass is 16.5. The summed E-state index contributed by atoms with van der Waals surface area (Å²) in [4.78, 5) is 35.6. The zero-order valence-electron chi connectivity index (χ0n) is 15.3. The molecule has 0 bridgehead atoms. The zero-order valence-corrected chi connectivity index (χ0v) is 15.3. The molecule has 1 aromatic rings. The third-order valence-corrected chi connectivity index (χ3v) is 4.69. The fourth-order valence-electron chi connectivity index (χ4n) is 3.29. The molecule has 1 aromatic carbocycles. The summed E-state index contributed by atoms with van der Waals surface area (Å²) in [6.45, 7) is -0.455. The van der Waals surface area contributed by atoms with Crippen LogP contribution in [0.3, 0.4) is 0 Å². The van der Waals surface area contributed by atoms with Crippen molar-refractivity contribution in [1.82, 2.24) is 5.32 Å². The Morgan fingerprint density at radius 2 is 1.85 bits per heavy atom. The highest BCUT2D eigenvalue weighted by Crippen LogP contribution is 2.27. The average molecular weight is 361 g/mol. The van der Waals surface area contributed by atoms with Gasteiger partial charge in [-0.3, -0.25) is 19.7 Å². The average Bonchev–Trinajstić information content (AvgIpc) is 2.67. The fourth-order valence-corrected chi connectivity index (χ4v) is 3.29. The van der Waals surface area contributed by atoms with E-state index in [-0.39, 0.29) is 5.56 Å². The summed E-state index contributed by atoms with van der Waals surface area (Å²) in [5.74, 6) is -0.543. The van der Waals surface area contributed by atoms with Gasteiger partial charge in [0.2, 0.25) is 0 Å². The van der Waals surface area contributed by atoms with Crippen LogP contribution in [-0.2, 0) is 14.3 Å². The SMILES string of the molecule is COc1ccccc1C(=O)NC(=O)COC(=O)CCCC1CCCCC1. The van der Waals surface area contributed by atoms with Crippen LogP contribution in [-0.4, -0.2) is 31.5 Å². The number of hydrogen-bond donors (Lipinski definition) is 1. The molecular formula is C20H27NO5. The van der Waals surface area contributed by atoms with Crippen molar-refractivity contribution in [3.8, 4) is 5.75 Å². The van der Waals surface area contributed by atoms with E-state index >= 15 is 0 Å². The van der Waals surface area contributed by atoms with Crippen LogP contribution in [0.15, 0.2) is 24.3 Å². The Morgan fingerprint density at radius 3 is 2.58 bits per heavy atom. The molecule has 2 amide bonds. The lowest BCUT2D eigenvalue weighted by Crippen LogP contribution is -2.34. The molecule has 26 heavy (non-hydrogen) atoms. The topological polar surface area (TPSA) is 81.7 Å². The molecule has 0 aliphatic heterocycles. The van der Waals surface area contributed by atoms with Gasteiger partial charge in [0.25, 0.3) is 11.8 Å². The highest BCUT2D eigenvalue weighted by molar-refractivity contribution is 6.06. The van der Waals surface area contributed by atoms with Gasteiger partial charge in [0.05, 0.1) is 12.7 Å². The molecule has 6 heteroatoms. The molecule has 0 saturated heterocycles. The number of nitrogens with one attached hydrogen (secondary N) is 1. The Hall–Kier alpha value is -2.37. The largest absolute Gasteiger partial charge is 0.496 e. The van der Waals surface area contributed by atoms with Gasteiger partial charge in [-0.2, -0.15) is 0 Å². The summed E-state index contributed by atoms with van der Waals surface area (Å²) in [6.07, 6.45) is 8.53. The van der Waals surface area contributed by atoms with E-state index in [0.717, 1.165) is 18.8 Å². The molecule has 0 unspecified atom stereocenters. The second-order valence-electron chi connectivity index (χ2n) is 6.63. The summed E-state index contributed by atoms with van der Waals surface area (Å²) in [6, 6.07) is 6.59. The minimum absolute atomic E-state index is 0.252. The van der Waals surface area contributed by atoms with E-state index in [1.54, 1.807) is 24.3 Å². The monoisotopic (exact) mass is 361 g/mol. The molecular weight excluding hydrogens is 334 g/mol. The van der Waals surface area contributed by atoms with Crippen molar-refractivity contribution < 1.29 is 23.9 Å². The van der Waals surface area contributed by atoms with Crippen LogP contribution < -0.4 is 10.1 Å². The van der Waals surface area contributed by atoms with E-state index in [4.69, 9.17) is 9.47 Å². The van der Waals surface area contributed by atoms with Crippen molar-refractivity contribution >= 4 is 17.8 Å². The first-order valence-corrected chi connectivity index (χ1v) is 9.23. The minimum Gasteiger partial charge on any atom is -0.496 e. The van der Waals surface area contributed by atoms with Crippen LogP contribution >= 0.6 is 0 Å². The molecule has 0 atom stereocenters. The third-order valence-electron chi connectivity index (χ3n) is 4.69. The number of carbonyl (C=O) groups is 3. The summed E-state index contributed by atoms with van der Waals surface area (Å²) >= 11 is 0. The van der Waals surface area contributed by atoms with Crippen molar-refractivity contribution in [1.29, 1.82) is 0 Å². The van der Waals surface area contributed by atoms with Gasteiger partial charge in [-0.15, -0.1) is 0 Å². The van der Waals surface area contributed by atoms with Crippen LogP contribution in [0.2, 0.25) is 0 Å². The molecule has 6 nitrogen and oxygen atoms in total. The summed E-state index contributed by atoms with van der Waals surface area (Å²) < 4.78 is 10.0. The molecule has 1 saturated carbocycles. The number of para-hydroxylation sites is 1. The number of benzene rings is 1. The maximum Gasteiger partial charge on any atom is 0.306 e. The lowest BCUT2D eigenvalue weighted by Gasteiger charge is -2.20. The van der Waals surface area contributed by atoms with Crippen LogP contribution in [0.4, 0.5) is 0 Å². The van der Waals surface area contributed by atoms with Crippen molar-refractivity contribution in [2.45, 2.75) is 51.4 Å². The minimum atomic E-state index is -0.651. The number of imide groups is 1. The van der Waals surface area contributed by atoms with Crippen molar-refractivity contribution in [3.05, 3.63) is 29.8 Å². The molecule has 0 radical (unpaired) electrons. The Morgan fingerprint density at radius 1 is 1.12 bits per heavy atom. The molecule has 1 aliphatic rings. The van der Waals surface area contributed by atoms with Gasteiger partial charge in [-0.25, -0.2) is 0 Å². The van der Waals surface area contributed by atoms with Gasteiger partial charge < -0.3 is 9.47 Å². The first kappa shape index (κ1) is 19.9. The summed E-state index contributed by atoms with van der Waals surface area (Å²) in [7, 11) is 1.45. The van der Waals surface area contributed by atoms with E-state index in [0.29, 0.717) is 12.2 Å². The quantitative estimate of drug-likeness (QED) is 0.719. The number of esters is 1. The Kier molecular flexibility index (Phi) is 8.12. The Balaban J connectivity index is 1.65. The number of methoxy groups -OCH3 is 1. The number of ether oxygens (including phenoxy) is 2. The van der Waals surface area contributed by atoms with Gasteiger partial charge in [0, 0.05) is 6.42 Å². The van der Waals surface area contributed by atoms with Gasteiger partial charge in [0.15, 0.2) is 6.61 Å². The fraction of sp³-hybridized carbons (Fsp3) is 0.550. The second-order valence-corrected chi connectivity index (χ2v) is 6.63. The van der Waals surface area contributed by atoms with Gasteiger partial charge >= 0.3 is 5.97 Å². The lowest BCUT2D eigenvalue weighted by atomic mass is 9.86. The molecule has 0 aromatic heterocycles. The number of carbonyl (C=O) groups excluding carboxylic acids is 3. The predicted molar refractivity (Wildman–Crippen MR) is 96.9 cm³/mol. The van der Waals surface area contributed by atoms with E-state index in [1.807, 2.05) is 0 Å². The summed E-state index contributed by atoms with van der Waals surface area (Å²) in [5, 5.41) is 2.20. The molecule has 1 aliphatic carbocycles. The molecule has 1 N–H and O–H groups in total. The first-order chi connectivity index (χ1) is 12.6. The molecule has 142 valence electrons. The molecule has 1 fully saturated rings. The highest BCUT2D eigenvalue weighted by Gasteiger charge is 2.17. The maximum atomic E-state index is 12.1. The maximum absolute atomic E-state index is 12.1. The Bertz CT molecular complexity index is 622. The molecule has 0 heterocycles. The predicted octanol–water partition coefficient (Wildman–Crippen LogP) is 3.25. The van der Waals surface area contributed by atoms with Crippen molar-refractivity contribution in [3.63, 3.8) is 0 Å². The third kappa shape index (κ3) is 6.50. The van der Waals surface area contributed by atoms with E-state index in [9.17, 15) is 14.4 Å². The number of hydrogen-bond acceptors (Lipinski definition) is 5. The number of amides is 2. The normalized spacial score (nSPS) is 14.5. The van der Waals surface area contributed by atoms with Gasteiger partial charge in [-0.1, -0.05) is 44.2 Å². The Labute approximate surface area is 154 Å². The van der Waals surface area contributed by atoms with E-state index in [2.05, 4.69) is 5.32 Å². The summed E-state index contributed by atoms with van der Waals surface area (Å²) in [5.41, 5.74) is 0.252. The van der Waals surface area contributed by atoms with Crippen molar-refractivity contribution in [2.75, 3.05) is 13.7 Å². The zero-order chi connectivity index (χ0) is 18.8. The van der Waals surface area contributed by atoms with E-state index < -0.39 is 24.4 Å². The van der Waals surface area contributed by atoms with Crippen LogP contribution in [0.5, 0.6) is 5.75 Å². The van der Waals surface area contributed by atoms with Crippen LogP contribution in [0, 0.1) is 5.92 Å². The first-order valence-electron chi connectivity index (χ1n) is 9.23. The van der Waals surface area contributed by atoms with Crippen LogP contribution in [0.1, 0.15) is 61.7 Å². The second kappa shape index (κ2) is 10.6. The van der Waals surface area contributed by atoms with Gasteiger partial charge in [0.1, 0.15) is 5.75 Å². The lowest BCUT2D eigenvalue weighted by molar-refractivity contribution is -0.148. The van der Waals surface area contributed by atoms with Crippen molar-refractivity contribution in [2.24, 2.45) is 5.92 Å². The molecule has 2 rings (SSSR count). The standard InChI is InChI=1S/C20H27NO5/c1-25-17-12-6-5-11-16(17)20(24)21-18(22)14-26-19(23)13-7-10-15-8-3-2-4-9-15/h5-6,11-12,15H,2-4,7-10,13-14H2,1H3,(H,21,22,24). The number of rotatable bonds is 8. The van der Waals surface area contributed by atoms with Gasteiger partial charge in [-0.05, 0) is 30.9 Å². The molecule has 0 spiro atoms. The smallest absolute Gasteiger partial charge is 0.306 e.